The Labute approximate surface area is 174 Å². The van der Waals surface area contributed by atoms with Crippen molar-refractivity contribution in [1.29, 1.82) is 0 Å². The Kier molecular flexibility index (Phi) is 15.4. The topological polar surface area (TPSA) is 0 Å². The van der Waals surface area contributed by atoms with Gasteiger partial charge in [-0.15, -0.1) is 12.0 Å². The fraction of sp³-hybridized carbons (Fsp3) is 0.190. The number of benzene rings is 2. The van der Waals surface area contributed by atoms with Crippen LogP contribution in [-0.2, 0) is 28.1 Å². The Balaban J connectivity index is 0. The first-order chi connectivity index (χ1) is 10.4. The van der Waals surface area contributed by atoms with Crippen LogP contribution in [0.15, 0.2) is 60.7 Å². The minimum atomic E-state index is 0. The van der Waals surface area contributed by atoms with Gasteiger partial charge in [-0.25, -0.2) is 12.2 Å². The molecule has 0 unspecified atom stereocenters. The molecular weight excluding hydrogens is 371 g/mol. The Morgan fingerprint density at radius 3 is 2.21 bits per heavy atom. The quantitative estimate of drug-likeness (QED) is 0.361. The fourth-order valence-corrected chi connectivity index (χ4v) is 2.34. The molecule has 0 N–H and O–H groups in total. The van der Waals surface area contributed by atoms with Gasteiger partial charge in [0.25, 0.3) is 0 Å². The van der Waals surface area contributed by atoms with E-state index in [0.29, 0.717) is 0 Å². The van der Waals surface area contributed by atoms with Gasteiger partial charge in [-0.05, 0) is 6.42 Å². The summed E-state index contributed by atoms with van der Waals surface area (Å²) < 4.78 is 0. The average molecular weight is 392 g/mol. The molecule has 0 fully saturated rings. The van der Waals surface area contributed by atoms with Crippen LogP contribution in [0.25, 0.3) is 11.1 Å². The molecule has 4 rings (SSSR count). The van der Waals surface area contributed by atoms with Crippen LogP contribution in [0.4, 0.5) is 0 Å². The van der Waals surface area contributed by atoms with Crippen molar-refractivity contribution < 1.29 is 46.5 Å². The Bertz CT molecular complexity index is 580. The van der Waals surface area contributed by atoms with Crippen molar-refractivity contribution in [2.75, 3.05) is 0 Å². The maximum atomic E-state index is 3.30. The van der Waals surface area contributed by atoms with Crippen molar-refractivity contribution in [3.05, 3.63) is 90.4 Å². The zero-order valence-corrected chi connectivity index (χ0v) is 17.1. The van der Waals surface area contributed by atoms with E-state index in [9.17, 15) is 0 Å². The predicted molar refractivity (Wildman–Crippen MR) is 90.7 cm³/mol. The molecule has 3 heteroatoms. The van der Waals surface area contributed by atoms with E-state index in [0.717, 1.165) is 12.8 Å². The number of rotatable bonds is 0. The van der Waals surface area contributed by atoms with Gasteiger partial charge in [0.1, 0.15) is 0 Å². The third kappa shape index (κ3) is 7.41. The molecule has 0 nitrogen and oxygen atoms in total. The largest absolute Gasteiger partial charge is 2.00 e. The molecule has 126 valence electrons. The van der Waals surface area contributed by atoms with Crippen molar-refractivity contribution in [3.8, 4) is 11.1 Å². The maximum Gasteiger partial charge on any atom is 2.00 e. The van der Waals surface area contributed by atoms with Gasteiger partial charge in [-0.3, -0.25) is 6.08 Å². The van der Waals surface area contributed by atoms with Gasteiger partial charge >= 0.3 is 21.7 Å². The van der Waals surface area contributed by atoms with Gasteiger partial charge < -0.3 is 31.2 Å². The molecule has 0 bridgehead atoms. The van der Waals surface area contributed by atoms with E-state index in [1.807, 2.05) is 38.5 Å². The first kappa shape index (κ1) is 25.5. The summed E-state index contributed by atoms with van der Waals surface area (Å²) >= 11 is 0. The maximum absolute atomic E-state index is 3.30. The smallest absolute Gasteiger partial charge is 1.00 e. The molecule has 24 heavy (non-hydrogen) atoms. The molecular formula is C21H21Cl2Ti-3. The van der Waals surface area contributed by atoms with E-state index in [2.05, 4.69) is 54.6 Å². The van der Waals surface area contributed by atoms with E-state index >= 15 is 0 Å². The second-order valence-corrected chi connectivity index (χ2v) is 4.98. The van der Waals surface area contributed by atoms with Crippen molar-refractivity contribution in [2.24, 2.45) is 0 Å². The molecule has 0 aliphatic heterocycles. The summed E-state index contributed by atoms with van der Waals surface area (Å²) in [5.74, 6) is 0. The van der Waals surface area contributed by atoms with Crippen LogP contribution >= 0.6 is 0 Å². The van der Waals surface area contributed by atoms with Gasteiger partial charge in [-0.2, -0.15) is 49.8 Å². The zero-order valence-electron chi connectivity index (χ0n) is 14.0. The Hall–Kier alpha value is -0.786. The van der Waals surface area contributed by atoms with Crippen LogP contribution in [0, 0.1) is 18.6 Å². The number of allylic oxidation sites excluding steroid dienone is 4. The molecule has 0 spiro atoms. The summed E-state index contributed by atoms with van der Waals surface area (Å²) in [5.41, 5.74) is 5.51. The average Bonchev–Trinajstić information content (AvgIpc) is 3.19. The molecule has 2 aromatic carbocycles. The van der Waals surface area contributed by atoms with E-state index in [4.69, 9.17) is 0 Å². The number of hydrogen-bond donors (Lipinski definition) is 0. The molecule has 2 aliphatic rings. The van der Waals surface area contributed by atoms with Gasteiger partial charge in [0.15, 0.2) is 0 Å². The summed E-state index contributed by atoms with van der Waals surface area (Å²) in [6, 6.07) is 18.1. The monoisotopic (exact) mass is 391 g/mol. The molecule has 0 atom stereocenters. The van der Waals surface area contributed by atoms with Gasteiger partial charge in [0.05, 0.1) is 0 Å². The van der Waals surface area contributed by atoms with Crippen LogP contribution in [-0.4, -0.2) is 0 Å². The van der Waals surface area contributed by atoms with Crippen molar-refractivity contribution >= 4 is 0 Å². The normalized spacial score (nSPS) is 11.1. The SMILES string of the molecule is C[CH-]C.[C-]1=CC=CC1.[Cl-].[Cl-].[Ti+2].[c-]1cccc2c1Cc1ccccc1-2. The Morgan fingerprint density at radius 2 is 1.62 bits per heavy atom. The number of fused-ring (bicyclic) bond motifs is 3. The molecule has 0 radical (unpaired) electrons. The van der Waals surface area contributed by atoms with Gasteiger partial charge in [0, 0.05) is 0 Å². The van der Waals surface area contributed by atoms with Gasteiger partial charge in [0.2, 0.25) is 0 Å². The molecule has 2 aromatic rings. The summed E-state index contributed by atoms with van der Waals surface area (Å²) in [6.07, 6.45) is 13.0. The fourth-order valence-electron chi connectivity index (χ4n) is 2.34. The van der Waals surface area contributed by atoms with E-state index in [1.54, 1.807) is 0 Å². The molecule has 0 saturated heterocycles. The van der Waals surface area contributed by atoms with Crippen LogP contribution < -0.4 is 24.8 Å². The van der Waals surface area contributed by atoms with Crippen molar-refractivity contribution in [1.82, 2.24) is 0 Å². The van der Waals surface area contributed by atoms with Crippen molar-refractivity contribution in [3.63, 3.8) is 0 Å². The first-order valence-corrected chi connectivity index (χ1v) is 7.40. The molecule has 0 saturated carbocycles. The first-order valence-electron chi connectivity index (χ1n) is 7.40. The zero-order chi connectivity index (χ0) is 14.9. The summed E-state index contributed by atoms with van der Waals surface area (Å²) in [7, 11) is 0. The van der Waals surface area contributed by atoms with Crippen LogP contribution in [0.2, 0.25) is 0 Å². The summed E-state index contributed by atoms with van der Waals surface area (Å²) in [4.78, 5) is 0. The molecule has 0 amide bonds. The van der Waals surface area contributed by atoms with Gasteiger partial charge in [-0.1, -0.05) is 35.4 Å². The van der Waals surface area contributed by atoms with Crippen LogP contribution in [0.3, 0.4) is 0 Å². The Morgan fingerprint density at radius 1 is 0.958 bits per heavy atom. The molecule has 0 heterocycles. The van der Waals surface area contributed by atoms with E-state index in [1.165, 1.54) is 22.3 Å². The predicted octanol–water partition coefficient (Wildman–Crippen LogP) is -0.400. The molecule has 0 aromatic heterocycles. The summed E-state index contributed by atoms with van der Waals surface area (Å²) in [5, 5.41) is 0. The minimum Gasteiger partial charge on any atom is -1.00 e. The summed E-state index contributed by atoms with van der Waals surface area (Å²) in [6.45, 7) is 4.00. The third-order valence-corrected chi connectivity index (χ3v) is 3.20. The molecule has 2 aliphatic carbocycles. The second-order valence-electron chi connectivity index (χ2n) is 4.98. The third-order valence-electron chi connectivity index (χ3n) is 3.20. The number of hydrogen-bond acceptors (Lipinski definition) is 0. The van der Waals surface area contributed by atoms with Crippen molar-refractivity contribution in [2.45, 2.75) is 26.7 Å². The minimum absolute atomic E-state index is 0. The van der Waals surface area contributed by atoms with Crippen LogP contribution in [0.5, 0.6) is 0 Å². The van der Waals surface area contributed by atoms with E-state index < -0.39 is 0 Å². The second kappa shape index (κ2) is 14.5. The van der Waals surface area contributed by atoms with E-state index in [-0.39, 0.29) is 46.5 Å². The van der Waals surface area contributed by atoms with Crippen LogP contribution in [0.1, 0.15) is 31.4 Å². The standard InChI is InChI=1S/C13H9.C5H5.C3H7.2ClH.Ti/c1-3-7-12-10(5-1)9-11-6-2-4-8-13(11)12;1-2-4-5-3-1;1-3-2;;;/h1-5,7-8H,9H2;1-3H,4H2;3H,1-2H3;2*1H;/q3*-1;;;+2/p-2. The number of halogens is 2.